The van der Waals surface area contributed by atoms with Crippen molar-refractivity contribution in [2.24, 2.45) is 16.7 Å². The van der Waals surface area contributed by atoms with Gasteiger partial charge in [0.15, 0.2) is 23.6 Å². The molecule has 0 radical (unpaired) electrons. The summed E-state index contributed by atoms with van der Waals surface area (Å²) in [5, 5.41) is 13.8. The van der Waals surface area contributed by atoms with Crippen LogP contribution in [0.5, 0.6) is 0 Å². The molecule has 2 aliphatic heterocycles. The molecule has 10 atom stereocenters. The predicted molar refractivity (Wildman–Crippen MR) is 223 cm³/mol. The van der Waals surface area contributed by atoms with E-state index in [0.29, 0.717) is 11.1 Å². The molecule has 2 bridgehead atoms. The molecule has 338 valence electrons. The standard InChI is InChI=1S/C48H57NO14/c1-26-31(59-41(54)36-34(29-18-14-12-15-19-29)49(45(9,10)62-36)42(55)63-43(4,5)6)24-48(56)39(60-40(53)30-20-16-13-17-21-30)37-46(11,23-22-32-47(37,25-57-32)61-28(3)51)38(52)35(58-27(2)50)33(26)44(48,7)8/h12-23,31-32,34-37,39,56H,24-25H2,1-11H3/t31-,32+,34-,35+,36+,37?,39-,46+,47-,48+/m1/s1. The Morgan fingerprint density at radius 3 is 2.03 bits per heavy atom. The van der Waals surface area contributed by atoms with Gasteiger partial charge in [-0.15, -0.1) is 0 Å². The average molecular weight is 872 g/mol. The van der Waals surface area contributed by atoms with Crippen LogP contribution in [0.1, 0.15) is 105 Å². The Hall–Kier alpha value is -5.38. The number of nitrogens with zero attached hydrogens (tertiary/aromatic N) is 1. The van der Waals surface area contributed by atoms with Crippen molar-refractivity contribution in [3.05, 3.63) is 95.1 Å². The Bertz CT molecular complexity index is 2260. The minimum absolute atomic E-state index is 0.124. The summed E-state index contributed by atoms with van der Waals surface area (Å²) in [4.78, 5) is 86.0. The molecule has 7 rings (SSSR count). The third-order valence-electron chi connectivity index (χ3n) is 13.4. The molecule has 2 saturated heterocycles. The normalized spacial score (nSPS) is 33.9. The molecule has 15 heteroatoms. The number of ether oxygens (including phenoxy) is 7. The van der Waals surface area contributed by atoms with E-state index in [1.165, 1.54) is 24.0 Å². The van der Waals surface area contributed by atoms with Gasteiger partial charge in [0.25, 0.3) is 0 Å². The second-order valence-electron chi connectivity index (χ2n) is 19.4. The van der Waals surface area contributed by atoms with E-state index >= 15 is 4.79 Å². The molecule has 2 aromatic rings. The maximum absolute atomic E-state index is 15.5. The molecule has 63 heavy (non-hydrogen) atoms. The molecule has 0 aromatic heterocycles. The highest BCUT2D eigenvalue weighted by atomic mass is 16.6. The second kappa shape index (κ2) is 15.7. The van der Waals surface area contributed by atoms with E-state index in [9.17, 15) is 29.1 Å². The van der Waals surface area contributed by atoms with Crippen LogP contribution in [0.25, 0.3) is 0 Å². The van der Waals surface area contributed by atoms with Crippen LogP contribution in [0.2, 0.25) is 0 Å². The maximum Gasteiger partial charge on any atom is 0.413 e. The van der Waals surface area contributed by atoms with Crippen LogP contribution in [0.4, 0.5) is 4.79 Å². The van der Waals surface area contributed by atoms with Crippen LogP contribution in [0.3, 0.4) is 0 Å². The zero-order valence-corrected chi connectivity index (χ0v) is 37.6. The predicted octanol–water partition coefficient (Wildman–Crippen LogP) is 6.12. The van der Waals surface area contributed by atoms with Gasteiger partial charge in [0, 0.05) is 25.7 Å². The van der Waals surface area contributed by atoms with Gasteiger partial charge in [-0.25, -0.2) is 14.4 Å². The van der Waals surface area contributed by atoms with Crippen LogP contribution >= 0.6 is 0 Å². The fourth-order valence-corrected chi connectivity index (χ4v) is 10.5. The number of Topliss-reactive ketones (excluding diaryl/α,β-unsaturated/α-hetero) is 1. The number of amides is 1. The molecule has 5 aliphatic rings. The molecule has 2 aromatic carbocycles. The lowest BCUT2D eigenvalue weighted by Crippen LogP contribution is -2.78. The van der Waals surface area contributed by atoms with Crippen LogP contribution in [0, 0.1) is 16.7 Å². The highest BCUT2D eigenvalue weighted by Gasteiger charge is 2.75. The van der Waals surface area contributed by atoms with Crippen LogP contribution in [-0.2, 0) is 52.3 Å². The first-order valence-corrected chi connectivity index (χ1v) is 21.2. The lowest BCUT2D eigenvalue weighted by atomic mass is 9.46. The number of fused-ring (bicyclic) bond motifs is 5. The minimum atomic E-state index is -2.27. The first-order chi connectivity index (χ1) is 29.3. The summed E-state index contributed by atoms with van der Waals surface area (Å²) in [5.74, 6) is -5.31. The Morgan fingerprint density at radius 1 is 0.857 bits per heavy atom. The molecule has 1 saturated carbocycles. The third kappa shape index (κ3) is 7.55. The number of ketones is 1. The first-order valence-electron chi connectivity index (χ1n) is 21.2. The summed E-state index contributed by atoms with van der Waals surface area (Å²) in [6.45, 7) is 17.0. The lowest BCUT2D eigenvalue weighted by molar-refractivity contribution is -0.306. The molecule has 2 heterocycles. The average Bonchev–Trinajstić information content (AvgIpc) is 3.48. The van der Waals surface area contributed by atoms with E-state index in [1.54, 1.807) is 123 Å². The quantitative estimate of drug-likeness (QED) is 0.190. The van der Waals surface area contributed by atoms with E-state index in [-0.39, 0.29) is 17.7 Å². The van der Waals surface area contributed by atoms with Gasteiger partial charge >= 0.3 is 30.0 Å². The zero-order valence-electron chi connectivity index (χ0n) is 37.6. The third-order valence-corrected chi connectivity index (χ3v) is 13.4. The zero-order chi connectivity index (χ0) is 46.2. The molecule has 3 fully saturated rings. The van der Waals surface area contributed by atoms with Crippen molar-refractivity contribution in [3.8, 4) is 0 Å². The first kappa shape index (κ1) is 45.6. The van der Waals surface area contributed by atoms with E-state index in [0.717, 1.165) is 6.92 Å². The van der Waals surface area contributed by atoms with E-state index in [1.807, 2.05) is 0 Å². The smallest absolute Gasteiger partial charge is 0.413 e. The molecule has 1 unspecified atom stereocenters. The highest BCUT2D eigenvalue weighted by molar-refractivity contribution is 5.96. The Balaban J connectivity index is 1.41. The minimum Gasteiger partial charge on any atom is -0.456 e. The summed E-state index contributed by atoms with van der Waals surface area (Å²) >= 11 is 0. The van der Waals surface area contributed by atoms with Crippen molar-refractivity contribution in [3.63, 3.8) is 0 Å². The van der Waals surface area contributed by atoms with Gasteiger partial charge in [-0.05, 0) is 77.3 Å². The van der Waals surface area contributed by atoms with E-state index in [4.69, 9.17) is 33.2 Å². The van der Waals surface area contributed by atoms with Crippen LogP contribution < -0.4 is 0 Å². The number of carbonyl (C=O) groups excluding carboxylic acids is 6. The summed E-state index contributed by atoms with van der Waals surface area (Å²) in [6.07, 6.45) is -5.06. The Morgan fingerprint density at radius 2 is 1.48 bits per heavy atom. The number of hydrogen-bond donors (Lipinski definition) is 1. The van der Waals surface area contributed by atoms with E-state index in [2.05, 4.69) is 0 Å². The lowest BCUT2D eigenvalue weighted by Gasteiger charge is -2.65. The van der Waals surface area contributed by atoms with Crippen LogP contribution in [-0.4, -0.2) is 105 Å². The van der Waals surface area contributed by atoms with Crippen molar-refractivity contribution in [1.82, 2.24) is 4.90 Å². The van der Waals surface area contributed by atoms with Crippen molar-refractivity contribution in [2.45, 2.75) is 142 Å². The van der Waals surface area contributed by atoms with Crippen molar-refractivity contribution in [1.29, 1.82) is 0 Å². The SMILES string of the molecule is CC(=O)O[C@@H]1C(=O)[C@@]2(C)C=C[C@@H]3OC[C@]3(OC(C)=O)C2[C@@H](OC(=O)c2ccccc2)[C@@]2(O)C[C@@H](OC(=O)[C@H]3OC(C)(C)N(C(=O)OC(C)(C)C)[C@@H]3c3ccccc3)C(C)=C1C2(C)C. The molecule has 1 N–H and O–H groups in total. The highest BCUT2D eigenvalue weighted by Crippen LogP contribution is 2.63. The van der Waals surface area contributed by atoms with Crippen molar-refractivity contribution in [2.75, 3.05) is 6.61 Å². The molecule has 15 nitrogen and oxygen atoms in total. The largest absolute Gasteiger partial charge is 0.456 e. The number of benzene rings is 2. The number of aliphatic hydroxyl groups is 1. The fraction of sp³-hybridized carbons (Fsp3) is 0.542. The van der Waals surface area contributed by atoms with Gasteiger partial charge < -0.3 is 38.3 Å². The fourth-order valence-electron chi connectivity index (χ4n) is 10.5. The number of carbonyl (C=O) groups is 6. The monoisotopic (exact) mass is 871 g/mol. The number of rotatable bonds is 7. The molecule has 3 aliphatic carbocycles. The summed E-state index contributed by atoms with van der Waals surface area (Å²) in [6, 6.07) is 15.8. The number of allylic oxidation sites excluding steroid dienone is 1. The van der Waals surface area contributed by atoms with Gasteiger partial charge in [-0.2, -0.15) is 0 Å². The maximum atomic E-state index is 15.5. The summed E-state index contributed by atoms with van der Waals surface area (Å²) in [5.41, 5.74) is -8.42. The molecular weight excluding hydrogens is 815 g/mol. The molecule has 1 amide bonds. The second-order valence-corrected chi connectivity index (χ2v) is 19.4. The van der Waals surface area contributed by atoms with Crippen molar-refractivity contribution < 1.29 is 67.0 Å². The van der Waals surface area contributed by atoms with Gasteiger partial charge in [0.1, 0.15) is 41.3 Å². The van der Waals surface area contributed by atoms with Crippen molar-refractivity contribution >= 4 is 35.8 Å². The van der Waals surface area contributed by atoms with Gasteiger partial charge in [-0.3, -0.25) is 19.3 Å². The van der Waals surface area contributed by atoms with E-state index < -0.39 is 118 Å². The molecular formula is C48H57NO14. The number of hydrogen-bond acceptors (Lipinski definition) is 14. The van der Waals surface area contributed by atoms with Crippen LogP contribution in [0.15, 0.2) is 84.0 Å². The van der Waals surface area contributed by atoms with Gasteiger partial charge in [0.05, 0.1) is 23.5 Å². The van der Waals surface area contributed by atoms with Gasteiger partial charge in [0.2, 0.25) is 0 Å². The Labute approximate surface area is 367 Å². The number of esters is 4. The Kier molecular flexibility index (Phi) is 11.4. The van der Waals surface area contributed by atoms with Gasteiger partial charge in [-0.1, -0.05) is 74.5 Å². The summed E-state index contributed by atoms with van der Waals surface area (Å²) in [7, 11) is 0. The molecule has 0 spiro atoms. The topological polar surface area (TPSA) is 190 Å². The summed E-state index contributed by atoms with van der Waals surface area (Å²) < 4.78 is 43.1.